The summed E-state index contributed by atoms with van der Waals surface area (Å²) in [6.07, 6.45) is -4.01. The molecule has 2 aromatic carbocycles. The molecule has 0 bridgehead atoms. The van der Waals surface area contributed by atoms with Crippen molar-refractivity contribution in [2.75, 3.05) is 5.32 Å². The molecule has 0 aliphatic carbocycles. The molecule has 21 heavy (non-hydrogen) atoms. The van der Waals surface area contributed by atoms with E-state index in [9.17, 15) is 13.2 Å². The van der Waals surface area contributed by atoms with Crippen LogP contribution in [0, 0.1) is 6.92 Å². The first-order valence-corrected chi connectivity index (χ1v) is 6.62. The average Bonchev–Trinajstić information content (AvgIpc) is 2.80. The highest BCUT2D eigenvalue weighted by molar-refractivity contribution is 5.60. The quantitative estimate of drug-likeness (QED) is 0.873. The number of hydrogen-bond acceptors (Lipinski definition) is 2. The number of nitrogens with one attached hydrogen (secondary N) is 1. The van der Waals surface area contributed by atoms with Gasteiger partial charge in [-0.05, 0) is 42.7 Å². The Kier molecular flexibility index (Phi) is 3.27. The van der Waals surface area contributed by atoms with E-state index in [0.717, 1.165) is 22.4 Å². The highest BCUT2D eigenvalue weighted by Gasteiger charge is 2.32. The summed E-state index contributed by atoms with van der Waals surface area (Å²) in [7, 11) is 0. The van der Waals surface area contributed by atoms with Crippen LogP contribution in [0.5, 0.6) is 5.75 Å². The standard InChI is InChI=1S/C16H14F3NO/c1-10-3-2-4-11(7-10)15-9-12-8-13(21-16(17,18)19)5-6-14(12)20-15/h2-8,15,20H,9H2,1H3. The number of hydrogen-bond donors (Lipinski definition) is 1. The Bertz CT molecular complexity index is 667. The van der Waals surface area contributed by atoms with E-state index in [4.69, 9.17) is 0 Å². The molecule has 0 saturated heterocycles. The minimum atomic E-state index is -4.66. The normalized spacial score (nSPS) is 17.2. The van der Waals surface area contributed by atoms with E-state index in [1.54, 1.807) is 6.07 Å². The third-order valence-electron chi connectivity index (χ3n) is 3.51. The first-order valence-electron chi connectivity index (χ1n) is 6.62. The van der Waals surface area contributed by atoms with Crippen LogP contribution < -0.4 is 10.1 Å². The number of benzene rings is 2. The number of rotatable bonds is 2. The fraction of sp³-hybridized carbons (Fsp3) is 0.250. The Labute approximate surface area is 120 Å². The lowest BCUT2D eigenvalue weighted by molar-refractivity contribution is -0.274. The largest absolute Gasteiger partial charge is 0.573 e. The van der Waals surface area contributed by atoms with Gasteiger partial charge in [0.25, 0.3) is 0 Å². The van der Waals surface area contributed by atoms with Crippen molar-refractivity contribution in [2.45, 2.75) is 25.7 Å². The fourth-order valence-corrected chi connectivity index (χ4v) is 2.62. The molecule has 0 amide bonds. The van der Waals surface area contributed by atoms with Gasteiger partial charge in [-0.15, -0.1) is 13.2 Å². The topological polar surface area (TPSA) is 21.3 Å². The van der Waals surface area contributed by atoms with E-state index < -0.39 is 6.36 Å². The first kappa shape index (κ1) is 13.8. The number of halogens is 3. The van der Waals surface area contributed by atoms with Crippen LogP contribution >= 0.6 is 0 Å². The third kappa shape index (κ3) is 3.12. The molecule has 1 aliphatic heterocycles. The molecule has 0 fully saturated rings. The van der Waals surface area contributed by atoms with Crippen molar-refractivity contribution in [2.24, 2.45) is 0 Å². The lowest BCUT2D eigenvalue weighted by Crippen LogP contribution is -2.17. The Morgan fingerprint density at radius 1 is 1.14 bits per heavy atom. The minimum absolute atomic E-state index is 0.0843. The third-order valence-corrected chi connectivity index (χ3v) is 3.51. The van der Waals surface area contributed by atoms with Gasteiger partial charge < -0.3 is 10.1 Å². The average molecular weight is 293 g/mol. The van der Waals surface area contributed by atoms with Crippen LogP contribution in [0.25, 0.3) is 0 Å². The van der Waals surface area contributed by atoms with Crippen molar-refractivity contribution < 1.29 is 17.9 Å². The van der Waals surface area contributed by atoms with E-state index in [0.29, 0.717) is 6.42 Å². The maximum absolute atomic E-state index is 12.2. The predicted molar refractivity (Wildman–Crippen MR) is 74.4 cm³/mol. The molecule has 1 aliphatic rings. The SMILES string of the molecule is Cc1cccc(C2Cc3cc(OC(F)(F)F)ccc3N2)c1. The molecule has 0 radical (unpaired) electrons. The number of ether oxygens (including phenoxy) is 1. The Morgan fingerprint density at radius 3 is 2.67 bits per heavy atom. The highest BCUT2D eigenvalue weighted by Crippen LogP contribution is 2.37. The fourth-order valence-electron chi connectivity index (χ4n) is 2.62. The minimum Gasteiger partial charge on any atom is -0.406 e. The molecule has 2 nitrogen and oxygen atoms in total. The summed E-state index contributed by atoms with van der Waals surface area (Å²) in [5, 5.41) is 3.33. The smallest absolute Gasteiger partial charge is 0.406 e. The molecule has 0 saturated carbocycles. The number of alkyl halides is 3. The van der Waals surface area contributed by atoms with Crippen LogP contribution in [-0.2, 0) is 6.42 Å². The number of anilines is 1. The molecule has 1 unspecified atom stereocenters. The van der Waals surface area contributed by atoms with Crippen molar-refractivity contribution >= 4 is 5.69 Å². The van der Waals surface area contributed by atoms with Crippen LogP contribution in [0.1, 0.15) is 22.7 Å². The van der Waals surface area contributed by atoms with Gasteiger partial charge >= 0.3 is 6.36 Å². The highest BCUT2D eigenvalue weighted by atomic mass is 19.4. The van der Waals surface area contributed by atoms with Crippen LogP contribution in [0.2, 0.25) is 0 Å². The van der Waals surface area contributed by atoms with E-state index in [-0.39, 0.29) is 11.8 Å². The summed E-state index contributed by atoms with van der Waals surface area (Å²) in [5.74, 6) is -0.173. The Balaban J connectivity index is 1.81. The lowest BCUT2D eigenvalue weighted by atomic mass is 10.0. The van der Waals surface area contributed by atoms with Crippen molar-refractivity contribution in [3.05, 3.63) is 59.2 Å². The molecular weight excluding hydrogens is 279 g/mol. The molecule has 1 heterocycles. The number of aryl methyl sites for hydroxylation is 1. The predicted octanol–water partition coefficient (Wildman–Crippen LogP) is 4.60. The molecule has 3 rings (SSSR count). The van der Waals surface area contributed by atoms with Gasteiger partial charge in [0.05, 0.1) is 6.04 Å². The molecule has 1 atom stereocenters. The molecular formula is C16H14F3NO. The first-order chi connectivity index (χ1) is 9.90. The van der Waals surface area contributed by atoms with E-state index in [1.807, 2.05) is 25.1 Å². The second kappa shape index (κ2) is 4.98. The molecule has 5 heteroatoms. The monoisotopic (exact) mass is 293 g/mol. The summed E-state index contributed by atoms with van der Waals surface area (Å²) < 4.78 is 40.7. The van der Waals surface area contributed by atoms with Gasteiger partial charge in [-0.25, -0.2) is 0 Å². The van der Waals surface area contributed by atoms with Crippen molar-refractivity contribution in [3.8, 4) is 5.75 Å². The summed E-state index contributed by atoms with van der Waals surface area (Å²) in [6.45, 7) is 2.01. The lowest BCUT2D eigenvalue weighted by Gasteiger charge is -2.12. The Hall–Kier alpha value is -2.17. The zero-order valence-corrected chi connectivity index (χ0v) is 11.4. The van der Waals surface area contributed by atoms with Gasteiger partial charge in [-0.2, -0.15) is 0 Å². The molecule has 2 aromatic rings. The molecule has 1 N–H and O–H groups in total. The maximum Gasteiger partial charge on any atom is 0.573 e. The van der Waals surface area contributed by atoms with Gasteiger partial charge in [0.15, 0.2) is 0 Å². The van der Waals surface area contributed by atoms with E-state index in [1.165, 1.54) is 12.1 Å². The molecule has 0 aromatic heterocycles. The zero-order valence-electron chi connectivity index (χ0n) is 11.4. The van der Waals surface area contributed by atoms with E-state index in [2.05, 4.69) is 16.1 Å². The van der Waals surface area contributed by atoms with E-state index >= 15 is 0 Å². The van der Waals surface area contributed by atoms with Gasteiger partial charge in [0, 0.05) is 5.69 Å². The summed E-state index contributed by atoms with van der Waals surface area (Å²) in [4.78, 5) is 0. The summed E-state index contributed by atoms with van der Waals surface area (Å²) >= 11 is 0. The van der Waals surface area contributed by atoms with Gasteiger partial charge in [0.2, 0.25) is 0 Å². The summed E-state index contributed by atoms with van der Waals surface area (Å²) in [5.41, 5.74) is 3.98. The summed E-state index contributed by atoms with van der Waals surface area (Å²) in [6, 6.07) is 12.6. The second-order valence-electron chi connectivity index (χ2n) is 5.18. The second-order valence-corrected chi connectivity index (χ2v) is 5.18. The van der Waals surface area contributed by atoms with Gasteiger partial charge in [-0.3, -0.25) is 0 Å². The Morgan fingerprint density at radius 2 is 1.95 bits per heavy atom. The molecule has 110 valence electrons. The van der Waals surface area contributed by atoms with Crippen molar-refractivity contribution in [1.29, 1.82) is 0 Å². The van der Waals surface area contributed by atoms with Crippen LogP contribution in [0.3, 0.4) is 0 Å². The van der Waals surface area contributed by atoms with Crippen LogP contribution in [-0.4, -0.2) is 6.36 Å². The number of fused-ring (bicyclic) bond motifs is 1. The van der Waals surface area contributed by atoms with Crippen LogP contribution in [0.15, 0.2) is 42.5 Å². The van der Waals surface area contributed by atoms with Crippen molar-refractivity contribution in [3.63, 3.8) is 0 Å². The maximum atomic E-state index is 12.2. The van der Waals surface area contributed by atoms with Gasteiger partial charge in [-0.1, -0.05) is 29.8 Å². The molecule has 0 spiro atoms. The van der Waals surface area contributed by atoms with Gasteiger partial charge in [0.1, 0.15) is 5.75 Å². The van der Waals surface area contributed by atoms with Crippen LogP contribution in [0.4, 0.5) is 18.9 Å². The zero-order chi connectivity index (χ0) is 15.0. The van der Waals surface area contributed by atoms with Crippen molar-refractivity contribution in [1.82, 2.24) is 0 Å².